The van der Waals surface area contributed by atoms with Crippen molar-refractivity contribution in [2.75, 3.05) is 13.7 Å². The van der Waals surface area contributed by atoms with E-state index in [1.54, 1.807) is 7.11 Å². The van der Waals surface area contributed by atoms with Gasteiger partial charge in [0.1, 0.15) is 18.1 Å². The first-order valence-electron chi connectivity index (χ1n) is 14.3. The van der Waals surface area contributed by atoms with Crippen LogP contribution in [-0.2, 0) is 20.9 Å². The number of ether oxygens (including phenoxy) is 3. The number of allylic oxidation sites excluding steroid dienone is 3. The number of nitrogens with one attached hydrogen (secondary N) is 1. The Hall–Kier alpha value is -4.32. The largest absolute Gasteiger partial charge is 0.497 e. The smallest absolute Gasteiger partial charge is 0.336 e. The van der Waals surface area contributed by atoms with Gasteiger partial charge < -0.3 is 19.5 Å². The lowest BCUT2D eigenvalue weighted by molar-refractivity contribution is -0.139. The van der Waals surface area contributed by atoms with E-state index in [4.69, 9.17) is 14.2 Å². The summed E-state index contributed by atoms with van der Waals surface area (Å²) in [5, 5.41) is 3.44. The molecule has 6 nitrogen and oxygen atoms in total. The molecule has 1 aliphatic carbocycles. The number of carbonyl (C=O) groups excluding carboxylic acids is 2. The first-order valence-corrected chi connectivity index (χ1v) is 14.3. The van der Waals surface area contributed by atoms with Crippen LogP contribution in [0.15, 0.2) is 101 Å². The standard InChI is InChI=1S/C35H37NO5/c1-4-5-19-40-35(38)32-23(2)36-29-20-26(25-15-17-27(39-3)18-16-25)21-30(37)34(29)33(32)28-13-9-10-14-31(28)41-22-24-11-7-6-8-12-24/h6-18,26,33,36H,4-5,19-22H2,1-3H3/t26-,33+/m0/s1. The molecule has 41 heavy (non-hydrogen) atoms. The van der Waals surface area contributed by atoms with Crippen LogP contribution in [-0.4, -0.2) is 25.5 Å². The van der Waals surface area contributed by atoms with E-state index < -0.39 is 11.9 Å². The first kappa shape index (κ1) is 28.2. The summed E-state index contributed by atoms with van der Waals surface area (Å²) in [6.07, 6.45) is 2.72. The van der Waals surface area contributed by atoms with Crippen LogP contribution >= 0.6 is 0 Å². The third-order valence-corrected chi connectivity index (χ3v) is 7.83. The predicted molar refractivity (Wildman–Crippen MR) is 159 cm³/mol. The van der Waals surface area contributed by atoms with Crippen LogP contribution in [0.3, 0.4) is 0 Å². The van der Waals surface area contributed by atoms with Crippen LogP contribution in [0, 0.1) is 0 Å². The lowest BCUT2D eigenvalue weighted by Crippen LogP contribution is -2.36. The maximum Gasteiger partial charge on any atom is 0.336 e. The van der Waals surface area contributed by atoms with Gasteiger partial charge in [-0.15, -0.1) is 0 Å². The number of hydrogen-bond donors (Lipinski definition) is 1. The molecule has 0 radical (unpaired) electrons. The second-order valence-electron chi connectivity index (χ2n) is 10.6. The summed E-state index contributed by atoms with van der Waals surface area (Å²) in [4.78, 5) is 27.6. The van der Waals surface area contributed by atoms with Gasteiger partial charge in [0.15, 0.2) is 5.78 Å². The van der Waals surface area contributed by atoms with E-state index >= 15 is 0 Å². The molecule has 1 aliphatic heterocycles. The fourth-order valence-corrected chi connectivity index (χ4v) is 5.71. The summed E-state index contributed by atoms with van der Waals surface area (Å²) in [5.41, 5.74) is 5.56. The van der Waals surface area contributed by atoms with E-state index in [9.17, 15) is 9.59 Å². The van der Waals surface area contributed by atoms with Gasteiger partial charge >= 0.3 is 5.97 Å². The Balaban J connectivity index is 1.54. The van der Waals surface area contributed by atoms with E-state index in [0.29, 0.717) is 48.6 Å². The molecular weight excluding hydrogens is 514 g/mol. The Bertz CT molecular complexity index is 1460. The van der Waals surface area contributed by atoms with E-state index in [0.717, 1.165) is 41.0 Å². The van der Waals surface area contributed by atoms with Gasteiger partial charge in [0.2, 0.25) is 0 Å². The molecule has 0 spiro atoms. The number of benzene rings is 3. The molecule has 0 saturated heterocycles. The number of hydrogen-bond acceptors (Lipinski definition) is 6. The third kappa shape index (κ3) is 6.22. The van der Waals surface area contributed by atoms with Crippen molar-refractivity contribution in [3.63, 3.8) is 0 Å². The first-order chi connectivity index (χ1) is 20.0. The van der Waals surface area contributed by atoms with Gasteiger partial charge in [0.25, 0.3) is 0 Å². The minimum absolute atomic E-state index is 0.0220. The fourth-order valence-electron chi connectivity index (χ4n) is 5.71. The van der Waals surface area contributed by atoms with Gasteiger partial charge in [-0.05, 0) is 55.0 Å². The number of carbonyl (C=O) groups is 2. The highest BCUT2D eigenvalue weighted by Crippen LogP contribution is 2.48. The zero-order chi connectivity index (χ0) is 28.8. The van der Waals surface area contributed by atoms with Crippen molar-refractivity contribution >= 4 is 11.8 Å². The van der Waals surface area contributed by atoms with Gasteiger partial charge in [-0.2, -0.15) is 0 Å². The molecule has 2 atom stereocenters. The van der Waals surface area contributed by atoms with Crippen molar-refractivity contribution < 1.29 is 23.8 Å². The van der Waals surface area contributed by atoms with Crippen LogP contribution in [0.2, 0.25) is 0 Å². The number of methoxy groups -OCH3 is 1. The Morgan fingerprint density at radius 2 is 1.68 bits per heavy atom. The minimum atomic E-state index is -0.586. The highest BCUT2D eigenvalue weighted by Gasteiger charge is 2.42. The molecule has 6 heteroatoms. The molecule has 1 N–H and O–H groups in total. The van der Waals surface area contributed by atoms with Crippen LogP contribution < -0.4 is 14.8 Å². The molecule has 3 aromatic carbocycles. The molecule has 1 heterocycles. The molecule has 212 valence electrons. The van der Waals surface area contributed by atoms with Crippen molar-refractivity contribution in [3.8, 4) is 11.5 Å². The highest BCUT2D eigenvalue weighted by molar-refractivity contribution is 6.04. The molecule has 0 aromatic heterocycles. The molecule has 5 rings (SSSR count). The quantitative estimate of drug-likeness (QED) is 0.217. The number of para-hydroxylation sites is 1. The molecular formula is C35H37NO5. The number of ketones is 1. The second kappa shape index (κ2) is 12.9. The summed E-state index contributed by atoms with van der Waals surface area (Å²) < 4.78 is 17.4. The van der Waals surface area contributed by atoms with Crippen molar-refractivity contribution in [2.45, 2.75) is 58.0 Å². The van der Waals surface area contributed by atoms with Crippen molar-refractivity contribution in [2.24, 2.45) is 0 Å². The number of esters is 1. The average molecular weight is 552 g/mol. The lowest BCUT2D eigenvalue weighted by Gasteiger charge is -2.37. The van der Waals surface area contributed by atoms with Gasteiger partial charge in [0.05, 0.1) is 25.2 Å². The topological polar surface area (TPSA) is 73.9 Å². The monoisotopic (exact) mass is 551 g/mol. The van der Waals surface area contributed by atoms with E-state index in [1.165, 1.54) is 0 Å². The Morgan fingerprint density at radius 1 is 0.951 bits per heavy atom. The summed E-state index contributed by atoms with van der Waals surface area (Å²) >= 11 is 0. The van der Waals surface area contributed by atoms with Crippen molar-refractivity contribution in [1.29, 1.82) is 0 Å². The third-order valence-electron chi connectivity index (χ3n) is 7.83. The van der Waals surface area contributed by atoms with E-state index in [2.05, 4.69) is 12.2 Å². The van der Waals surface area contributed by atoms with Crippen LogP contribution in [0.25, 0.3) is 0 Å². The number of unbranched alkanes of at least 4 members (excludes halogenated alkanes) is 1. The zero-order valence-electron chi connectivity index (χ0n) is 23.9. The van der Waals surface area contributed by atoms with Gasteiger partial charge in [-0.3, -0.25) is 4.79 Å². The summed E-state index contributed by atoms with van der Waals surface area (Å²) in [6, 6.07) is 25.6. The number of rotatable bonds is 10. The predicted octanol–water partition coefficient (Wildman–Crippen LogP) is 6.98. The summed E-state index contributed by atoms with van der Waals surface area (Å²) in [5.74, 6) is 0.486. The molecule has 0 amide bonds. The number of dihydropyridines is 1. The normalized spacial score (nSPS) is 18.5. The molecule has 2 aliphatic rings. The average Bonchev–Trinajstić information content (AvgIpc) is 3.00. The Morgan fingerprint density at radius 3 is 2.41 bits per heavy atom. The Labute approximate surface area is 242 Å². The zero-order valence-corrected chi connectivity index (χ0v) is 23.9. The van der Waals surface area contributed by atoms with Crippen LogP contribution in [0.4, 0.5) is 0 Å². The van der Waals surface area contributed by atoms with Crippen molar-refractivity contribution in [1.82, 2.24) is 5.32 Å². The molecule has 0 saturated carbocycles. The summed E-state index contributed by atoms with van der Waals surface area (Å²) in [6.45, 7) is 4.66. The van der Waals surface area contributed by atoms with Crippen molar-refractivity contribution in [3.05, 3.63) is 118 Å². The maximum absolute atomic E-state index is 14.0. The molecule has 0 unspecified atom stereocenters. The van der Waals surface area contributed by atoms with Gasteiger partial charge in [-0.1, -0.05) is 74.0 Å². The summed E-state index contributed by atoms with van der Waals surface area (Å²) in [7, 11) is 1.64. The van der Waals surface area contributed by atoms with Crippen LogP contribution in [0.1, 0.15) is 68.1 Å². The SMILES string of the molecule is CCCCOC(=O)C1=C(C)NC2=C(C(=O)C[C@@H](c3ccc(OC)cc3)C2)[C@@H]1c1ccccc1OCc1ccccc1. The molecule has 0 bridgehead atoms. The lowest BCUT2D eigenvalue weighted by atomic mass is 9.71. The molecule has 3 aromatic rings. The highest BCUT2D eigenvalue weighted by atomic mass is 16.5. The second-order valence-corrected chi connectivity index (χ2v) is 10.6. The number of Topliss-reactive ketones (excluding diaryl/α,β-unsaturated/α-hetero) is 1. The van der Waals surface area contributed by atoms with Gasteiger partial charge in [0, 0.05) is 29.0 Å². The maximum atomic E-state index is 14.0. The molecule has 0 fully saturated rings. The Kier molecular flexibility index (Phi) is 8.88. The fraction of sp³-hybridized carbons (Fsp3) is 0.314. The van der Waals surface area contributed by atoms with E-state index in [1.807, 2.05) is 85.8 Å². The minimum Gasteiger partial charge on any atom is -0.497 e. The van der Waals surface area contributed by atoms with Crippen LogP contribution in [0.5, 0.6) is 11.5 Å². The van der Waals surface area contributed by atoms with Gasteiger partial charge in [-0.25, -0.2) is 4.79 Å². The van der Waals surface area contributed by atoms with E-state index in [-0.39, 0.29) is 11.7 Å².